The Bertz CT molecular complexity index is 586. The van der Waals surface area contributed by atoms with E-state index in [1.165, 1.54) is 18.3 Å². The summed E-state index contributed by atoms with van der Waals surface area (Å²) >= 11 is 5.87. The Hall–Kier alpha value is -1.46. The van der Waals surface area contributed by atoms with Gasteiger partial charge in [-0.05, 0) is 24.3 Å². The van der Waals surface area contributed by atoms with Gasteiger partial charge in [0, 0.05) is 16.8 Å². The van der Waals surface area contributed by atoms with Gasteiger partial charge in [-0.2, -0.15) is 0 Å². The normalized spacial score (nSPS) is 12.3. The van der Waals surface area contributed by atoms with Crippen LogP contribution in [0.2, 0.25) is 5.02 Å². The number of benzene rings is 1. The molecule has 0 fully saturated rings. The fourth-order valence-corrected chi connectivity index (χ4v) is 2.97. The first kappa shape index (κ1) is 13.0. The smallest absolute Gasteiger partial charge is 0.150 e. The van der Waals surface area contributed by atoms with Crippen LogP contribution < -0.4 is 5.73 Å². The highest BCUT2D eigenvalue weighted by Crippen LogP contribution is 2.23. The zero-order valence-corrected chi connectivity index (χ0v) is 10.8. The monoisotopic (exact) mass is 284 g/mol. The number of hydrogen-bond donors (Lipinski definition) is 1. The van der Waals surface area contributed by atoms with Crippen LogP contribution in [-0.4, -0.2) is 9.19 Å². The van der Waals surface area contributed by atoms with Gasteiger partial charge >= 0.3 is 0 Å². The Balaban J connectivity index is 2.30. The van der Waals surface area contributed by atoms with E-state index in [4.69, 9.17) is 17.3 Å². The average molecular weight is 285 g/mol. The molecule has 1 aromatic heterocycles. The molecule has 0 aliphatic rings. The Labute approximate surface area is 111 Å². The van der Waals surface area contributed by atoms with Crippen molar-refractivity contribution in [2.45, 2.75) is 10.8 Å². The number of anilines is 1. The van der Waals surface area contributed by atoms with Gasteiger partial charge in [0.2, 0.25) is 0 Å². The van der Waals surface area contributed by atoms with Crippen molar-refractivity contribution < 1.29 is 8.60 Å². The van der Waals surface area contributed by atoms with E-state index in [2.05, 4.69) is 4.98 Å². The van der Waals surface area contributed by atoms with Crippen LogP contribution in [0.4, 0.5) is 10.1 Å². The van der Waals surface area contributed by atoms with Gasteiger partial charge < -0.3 is 5.73 Å². The van der Waals surface area contributed by atoms with Gasteiger partial charge in [0.25, 0.3) is 0 Å². The maximum Gasteiger partial charge on any atom is 0.150 e. The molecule has 0 bridgehead atoms. The summed E-state index contributed by atoms with van der Waals surface area (Å²) in [5, 5.41) is 0.495. The van der Waals surface area contributed by atoms with E-state index < -0.39 is 16.6 Å². The summed E-state index contributed by atoms with van der Waals surface area (Å²) in [6, 6.07) is 7.58. The molecule has 0 spiro atoms. The molecule has 0 radical (unpaired) electrons. The Morgan fingerprint density at radius 1 is 1.33 bits per heavy atom. The molecule has 0 saturated carbocycles. The van der Waals surface area contributed by atoms with Gasteiger partial charge in [-0.3, -0.25) is 4.21 Å². The van der Waals surface area contributed by atoms with Crippen molar-refractivity contribution in [1.82, 2.24) is 4.98 Å². The van der Waals surface area contributed by atoms with Crippen molar-refractivity contribution >= 4 is 28.1 Å². The Kier molecular flexibility index (Phi) is 3.93. The summed E-state index contributed by atoms with van der Waals surface area (Å²) in [4.78, 5) is 3.94. The van der Waals surface area contributed by atoms with E-state index in [9.17, 15) is 8.60 Å². The quantitative estimate of drug-likeness (QED) is 0.943. The number of rotatable bonds is 3. The van der Waals surface area contributed by atoms with Crippen molar-refractivity contribution in [3.63, 3.8) is 0 Å². The zero-order valence-electron chi connectivity index (χ0n) is 9.27. The van der Waals surface area contributed by atoms with Crippen molar-refractivity contribution in [2.24, 2.45) is 0 Å². The van der Waals surface area contributed by atoms with Gasteiger partial charge in [-0.1, -0.05) is 17.7 Å². The lowest BCUT2D eigenvalue weighted by atomic mass is 10.2. The molecule has 2 aromatic rings. The largest absolute Gasteiger partial charge is 0.396 e. The molecule has 6 heteroatoms. The Morgan fingerprint density at radius 3 is 2.78 bits per heavy atom. The maximum absolute atomic E-state index is 13.6. The molecule has 1 atom stereocenters. The predicted octanol–water partition coefficient (Wildman–Crippen LogP) is 2.76. The minimum absolute atomic E-state index is 0.0489. The number of pyridine rings is 1. The molecule has 1 heterocycles. The highest BCUT2D eigenvalue weighted by atomic mass is 35.5. The van der Waals surface area contributed by atoms with E-state index >= 15 is 0 Å². The molecule has 0 aliphatic carbocycles. The lowest BCUT2D eigenvalue weighted by Crippen LogP contribution is -2.04. The van der Waals surface area contributed by atoms with Crippen LogP contribution >= 0.6 is 11.6 Å². The highest BCUT2D eigenvalue weighted by molar-refractivity contribution is 7.84. The van der Waals surface area contributed by atoms with E-state index in [0.29, 0.717) is 5.69 Å². The minimum atomic E-state index is -1.53. The minimum Gasteiger partial charge on any atom is -0.396 e. The summed E-state index contributed by atoms with van der Waals surface area (Å²) in [5.41, 5.74) is 6.20. The number of hydrogen-bond acceptors (Lipinski definition) is 3. The fourth-order valence-electron chi connectivity index (χ4n) is 1.46. The van der Waals surface area contributed by atoms with Crippen LogP contribution in [0.1, 0.15) is 5.56 Å². The molecular formula is C12H10ClFN2OS. The van der Waals surface area contributed by atoms with Crippen LogP contribution in [0.3, 0.4) is 0 Å². The van der Waals surface area contributed by atoms with Crippen LogP contribution in [0.25, 0.3) is 0 Å². The van der Waals surface area contributed by atoms with Crippen molar-refractivity contribution in [2.75, 3.05) is 5.73 Å². The molecule has 3 nitrogen and oxygen atoms in total. The van der Waals surface area contributed by atoms with E-state index in [1.807, 2.05) is 0 Å². The van der Waals surface area contributed by atoms with Crippen molar-refractivity contribution in [1.29, 1.82) is 0 Å². The first-order valence-electron chi connectivity index (χ1n) is 5.11. The van der Waals surface area contributed by atoms with Gasteiger partial charge in [0.15, 0.2) is 0 Å². The summed E-state index contributed by atoms with van der Waals surface area (Å²) < 4.78 is 25.6. The summed E-state index contributed by atoms with van der Waals surface area (Å²) in [6.45, 7) is 0. The SMILES string of the molecule is Nc1cccnc1S(=O)Cc1c(F)cccc1Cl. The van der Waals surface area contributed by atoms with Gasteiger partial charge in [-0.25, -0.2) is 9.37 Å². The van der Waals surface area contributed by atoms with Crippen LogP contribution in [0, 0.1) is 5.82 Å². The molecule has 1 unspecified atom stereocenters. The number of aromatic nitrogens is 1. The van der Waals surface area contributed by atoms with E-state index in [0.717, 1.165) is 0 Å². The third-order valence-corrected chi connectivity index (χ3v) is 4.03. The van der Waals surface area contributed by atoms with Crippen LogP contribution in [0.5, 0.6) is 0 Å². The molecule has 2 N–H and O–H groups in total. The zero-order chi connectivity index (χ0) is 13.1. The summed E-state index contributed by atoms with van der Waals surface area (Å²) in [7, 11) is -1.53. The van der Waals surface area contributed by atoms with Gasteiger partial charge in [0.1, 0.15) is 10.8 Å². The third-order valence-electron chi connectivity index (χ3n) is 2.35. The molecule has 0 saturated heterocycles. The standard InChI is InChI=1S/C12H10ClFN2OS/c13-9-3-1-4-10(14)8(9)7-18(17)12-11(15)5-2-6-16-12/h1-6H,7,15H2. The van der Waals surface area contributed by atoms with Gasteiger partial charge in [-0.15, -0.1) is 0 Å². The second-order valence-corrected chi connectivity index (χ2v) is 5.36. The molecule has 18 heavy (non-hydrogen) atoms. The Morgan fingerprint density at radius 2 is 2.11 bits per heavy atom. The second kappa shape index (κ2) is 5.46. The predicted molar refractivity (Wildman–Crippen MR) is 70.2 cm³/mol. The van der Waals surface area contributed by atoms with Crippen molar-refractivity contribution in [3.8, 4) is 0 Å². The number of nitrogens with two attached hydrogens (primary N) is 1. The number of nitrogen functional groups attached to an aromatic ring is 1. The third kappa shape index (κ3) is 2.68. The topological polar surface area (TPSA) is 56.0 Å². The molecule has 94 valence electrons. The molecule has 0 aliphatic heterocycles. The van der Waals surface area contributed by atoms with Crippen LogP contribution in [0.15, 0.2) is 41.6 Å². The lowest BCUT2D eigenvalue weighted by Gasteiger charge is -2.07. The van der Waals surface area contributed by atoms with E-state index in [1.54, 1.807) is 18.2 Å². The number of nitrogens with zero attached hydrogens (tertiary/aromatic N) is 1. The molecular weight excluding hydrogens is 275 g/mol. The molecule has 1 aromatic carbocycles. The lowest BCUT2D eigenvalue weighted by molar-refractivity contribution is 0.615. The summed E-state index contributed by atoms with van der Waals surface area (Å²) in [5.74, 6) is -0.530. The molecule has 2 rings (SSSR count). The van der Waals surface area contributed by atoms with Crippen LogP contribution in [-0.2, 0) is 16.6 Å². The maximum atomic E-state index is 13.6. The van der Waals surface area contributed by atoms with Crippen molar-refractivity contribution in [3.05, 3.63) is 52.9 Å². The first-order chi connectivity index (χ1) is 8.59. The van der Waals surface area contributed by atoms with Gasteiger partial charge in [0.05, 0.1) is 22.2 Å². The average Bonchev–Trinajstić information content (AvgIpc) is 2.34. The fraction of sp³-hybridized carbons (Fsp3) is 0.0833. The molecule has 0 amide bonds. The number of halogens is 2. The summed E-state index contributed by atoms with van der Waals surface area (Å²) in [6.07, 6.45) is 1.49. The second-order valence-electron chi connectivity index (χ2n) is 3.59. The first-order valence-corrected chi connectivity index (χ1v) is 6.81. The highest BCUT2D eigenvalue weighted by Gasteiger charge is 2.14. The van der Waals surface area contributed by atoms with E-state index in [-0.39, 0.29) is 21.4 Å².